The van der Waals surface area contributed by atoms with Crippen LogP contribution in [0.5, 0.6) is 0 Å². The maximum atomic E-state index is 12.5. The van der Waals surface area contributed by atoms with Gasteiger partial charge in [0.05, 0.1) is 6.54 Å². The molecule has 0 atom stereocenters. The number of nitrogens with one attached hydrogen (secondary N) is 3. The highest BCUT2D eigenvalue weighted by Crippen LogP contribution is 2.14. The van der Waals surface area contributed by atoms with Crippen molar-refractivity contribution in [2.75, 3.05) is 30.3 Å². The quantitative estimate of drug-likeness (QED) is 0.702. The van der Waals surface area contributed by atoms with Crippen molar-refractivity contribution in [2.24, 2.45) is 0 Å². The van der Waals surface area contributed by atoms with Gasteiger partial charge in [-0.3, -0.25) is 19.3 Å². The van der Waals surface area contributed by atoms with Crippen LogP contribution in [-0.2, 0) is 9.59 Å². The van der Waals surface area contributed by atoms with E-state index in [0.717, 1.165) is 31.6 Å². The van der Waals surface area contributed by atoms with E-state index in [1.165, 1.54) is 6.92 Å². The van der Waals surface area contributed by atoms with Gasteiger partial charge in [0.2, 0.25) is 11.8 Å². The van der Waals surface area contributed by atoms with Crippen LogP contribution >= 0.6 is 0 Å². The van der Waals surface area contributed by atoms with Crippen LogP contribution in [0, 0.1) is 0 Å². The van der Waals surface area contributed by atoms with Crippen molar-refractivity contribution in [3.05, 3.63) is 60.2 Å². The first-order valence-corrected chi connectivity index (χ1v) is 9.75. The van der Waals surface area contributed by atoms with E-state index in [9.17, 15) is 14.4 Å². The van der Waals surface area contributed by atoms with E-state index >= 15 is 0 Å². The van der Waals surface area contributed by atoms with E-state index in [0.29, 0.717) is 17.8 Å². The second-order valence-corrected chi connectivity index (χ2v) is 7.20. The Morgan fingerprint density at radius 1 is 0.931 bits per heavy atom. The largest absolute Gasteiger partial charge is 0.349 e. The maximum Gasteiger partial charge on any atom is 0.251 e. The minimum atomic E-state index is -0.175. The highest BCUT2D eigenvalue weighted by molar-refractivity contribution is 5.97. The topological polar surface area (TPSA) is 90.5 Å². The Balaban J connectivity index is 1.44. The molecule has 0 aliphatic carbocycles. The Morgan fingerprint density at radius 2 is 1.62 bits per heavy atom. The zero-order valence-electron chi connectivity index (χ0n) is 16.5. The Kier molecular flexibility index (Phi) is 6.97. The molecule has 152 valence electrons. The number of anilines is 2. The average Bonchev–Trinajstić information content (AvgIpc) is 2.70. The van der Waals surface area contributed by atoms with Crippen LogP contribution < -0.4 is 16.0 Å². The van der Waals surface area contributed by atoms with E-state index in [-0.39, 0.29) is 23.8 Å². The number of carbonyl (C=O) groups is 3. The third-order valence-electron chi connectivity index (χ3n) is 4.79. The molecule has 2 aromatic rings. The molecule has 0 aromatic heterocycles. The summed E-state index contributed by atoms with van der Waals surface area (Å²) in [5.74, 6) is -0.364. The van der Waals surface area contributed by atoms with Gasteiger partial charge >= 0.3 is 0 Å². The molecule has 3 amide bonds. The third-order valence-corrected chi connectivity index (χ3v) is 4.79. The number of hydrogen-bond acceptors (Lipinski definition) is 4. The number of carbonyl (C=O) groups excluding carboxylic acids is 3. The smallest absolute Gasteiger partial charge is 0.251 e. The van der Waals surface area contributed by atoms with Crippen molar-refractivity contribution in [1.82, 2.24) is 10.2 Å². The molecule has 0 bridgehead atoms. The molecule has 0 spiro atoms. The number of rotatable bonds is 6. The summed E-state index contributed by atoms with van der Waals surface area (Å²) in [5.41, 5.74) is 1.91. The summed E-state index contributed by atoms with van der Waals surface area (Å²) < 4.78 is 0. The number of benzene rings is 2. The van der Waals surface area contributed by atoms with Gasteiger partial charge in [-0.05, 0) is 43.2 Å². The molecule has 0 unspecified atom stereocenters. The normalized spacial score (nSPS) is 14.8. The van der Waals surface area contributed by atoms with E-state index in [2.05, 4.69) is 20.9 Å². The molecule has 3 N–H and O–H groups in total. The molecule has 7 heteroatoms. The number of piperidine rings is 1. The Morgan fingerprint density at radius 3 is 2.31 bits per heavy atom. The molecule has 1 fully saturated rings. The minimum Gasteiger partial charge on any atom is -0.349 e. The molecule has 0 saturated carbocycles. The van der Waals surface area contributed by atoms with E-state index in [1.54, 1.807) is 24.3 Å². The maximum absolute atomic E-state index is 12.5. The summed E-state index contributed by atoms with van der Waals surface area (Å²) in [7, 11) is 0. The highest BCUT2D eigenvalue weighted by atomic mass is 16.2. The number of hydrogen-bond donors (Lipinski definition) is 3. The molecule has 1 aliphatic heterocycles. The molecule has 2 aromatic carbocycles. The fourth-order valence-electron chi connectivity index (χ4n) is 3.37. The van der Waals surface area contributed by atoms with Gasteiger partial charge in [0.1, 0.15) is 0 Å². The molecule has 0 radical (unpaired) electrons. The minimum absolute atomic E-state index is 0.0338. The predicted molar refractivity (Wildman–Crippen MR) is 113 cm³/mol. The Bertz CT molecular complexity index is 861. The summed E-state index contributed by atoms with van der Waals surface area (Å²) in [6.07, 6.45) is 1.57. The highest BCUT2D eigenvalue weighted by Gasteiger charge is 2.22. The second kappa shape index (κ2) is 9.84. The molecular weight excluding hydrogens is 368 g/mol. The summed E-state index contributed by atoms with van der Waals surface area (Å²) >= 11 is 0. The lowest BCUT2D eigenvalue weighted by molar-refractivity contribution is -0.117. The number of amides is 3. The SMILES string of the molecule is CC(=O)Nc1cccc(C(=O)NC2CCN(CC(=O)Nc3ccccc3)CC2)c1. The summed E-state index contributed by atoms with van der Waals surface area (Å²) in [4.78, 5) is 38.0. The molecule has 1 heterocycles. The van der Waals surface area contributed by atoms with Gasteiger partial charge in [-0.15, -0.1) is 0 Å². The molecular formula is C22H26N4O3. The van der Waals surface area contributed by atoms with E-state index < -0.39 is 0 Å². The Labute approximate surface area is 170 Å². The zero-order valence-corrected chi connectivity index (χ0v) is 16.5. The van der Waals surface area contributed by atoms with Crippen LogP contribution in [0.15, 0.2) is 54.6 Å². The van der Waals surface area contributed by atoms with Crippen molar-refractivity contribution in [1.29, 1.82) is 0 Å². The molecule has 29 heavy (non-hydrogen) atoms. The summed E-state index contributed by atoms with van der Waals surface area (Å²) in [6, 6.07) is 16.4. The van der Waals surface area contributed by atoms with E-state index in [4.69, 9.17) is 0 Å². The first-order chi connectivity index (χ1) is 14.0. The van der Waals surface area contributed by atoms with Crippen molar-refractivity contribution in [2.45, 2.75) is 25.8 Å². The number of para-hydroxylation sites is 1. The first kappa shape index (κ1) is 20.5. The number of likely N-dealkylation sites (tertiary alicyclic amines) is 1. The van der Waals surface area contributed by atoms with Crippen molar-refractivity contribution in [3.63, 3.8) is 0 Å². The van der Waals surface area contributed by atoms with Gasteiger partial charge in [0.15, 0.2) is 0 Å². The fraction of sp³-hybridized carbons (Fsp3) is 0.318. The summed E-state index contributed by atoms with van der Waals surface area (Å²) in [6.45, 7) is 3.27. The van der Waals surface area contributed by atoms with Crippen molar-refractivity contribution in [3.8, 4) is 0 Å². The number of nitrogens with zero attached hydrogens (tertiary/aromatic N) is 1. The molecule has 7 nitrogen and oxygen atoms in total. The van der Waals surface area contributed by atoms with Crippen LogP contribution in [0.4, 0.5) is 11.4 Å². The molecule has 1 saturated heterocycles. The summed E-state index contributed by atoms with van der Waals surface area (Å²) in [5, 5.41) is 8.62. The average molecular weight is 394 g/mol. The lowest BCUT2D eigenvalue weighted by atomic mass is 10.0. The van der Waals surface area contributed by atoms with Crippen LogP contribution in [0.3, 0.4) is 0 Å². The van der Waals surface area contributed by atoms with Gasteiger partial charge in [0.25, 0.3) is 5.91 Å². The van der Waals surface area contributed by atoms with Crippen LogP contribution in [-0.4, -0.2) is 48.3 Å². The fourth-order valence-corrected chi connectivity index (χ4v) is 3.37. The second-order valence-electron chi connectivity index (χ2n) is 7.20. The van der Waals surface area contributed by atoms with Gasteiger partial charge < -0.3 is 16.0 Å². The lowest BCUT2D eigenvalue weighted by Crippen LogP contribution is -2.46. The monoisotopic (exact) mass is 394 g/mol. The molecule has 3 rings (SSSR count). The van der Waals surface area contributed by atoms with E-state index in [1.807, 2.05) is 30.3 Å². The van der Waals surface area contributed by atoms with Crippen LogP contribution in [0.1, 0.15) is 30.1 Å². The zero-order chi connectivity index (χ0) is 20.6. The molecule has 1 aliphatic rings. The van der Waals surface area contributed by atoms with Gasteiger partial charge in [0, 0.05) is 43.0 Å². The van der Waals surface area contributed by atoms with Gasteiger partial charge in [-0.1, -0.05) is 24.3 Å². The lowest BCUT2D eigenvalue weighted by Gasteiger charge is -2.31. The van der Waals surface area contributed by atoms with Crippen LogP contribution in [0.2, 0.25) is 0 Å². The van der Waals surface area contributed by atoms with Crippen molar-refractivity contribution >= 4 is 29.1 Å². The van der Waals surface area contributed by atoms with Gasteiger partial charge in [-0.25, -0.2) is 0 Å². The standard InChI is InChI=1S/C22H26N4O3/c1-16(27)23-20-9-5-6-17(14-20)22(29)25-19-10-12-26(13-11-19)15-21(28)24-18-7-3-2-4-8-18/h2-9,14,19H,10-13,15H2,1H3,(H,23,27)(H,24,28)(H,25,29). The predicted octanol–water partition coefficient (Wildman–Crippen LogP) is 2.48. The van der Waals surface area contributed by atoms with Gasteiger partial charge in [-0.2, -0.15) is 0 Å². The van der Waals surface area contributed by atoms with Crippen LogP contribution in [0.25, 0.3) is 0 Å². The third kappa shape index (κ3) is 6.43. The Hall–Kier alpha value is -3.19. The van der Waals surface area contributed by atoms with Crippen molar-refractivity contribution < 1.29 is 14.4 Å². The first-order valence-electron chi connectivity index (χ1n) is 9.75.